The molecular weight excluding hydrogens is 219 g/mol. The maximum absolute atomic E-state index is 13.1. The molecule has 0 spiro atoms. The topological polar surface area (TPSA) is 48.0 Å². The van der Waals surface area contributed by atoms with Crippen molar-refractivity contribution in [2.75, 3.05) is 5.73 Å². The Labute approximate surface area is 98.3 Å². The lowest BCUT2D eigenvalue weighted by molar-refractivity contribution is 0.623. The standard InChI is InChI=1S/C13H13FN2O/c1-9-4-5-16(13(17)6-9)8-10-7-11(14)2-3-12(10)15/h2-7H,8,15H2,1H3. The average molecular weight is 232 g/mol. The van der Waals surface area contributed by atoms with Crippen LogP contribution in [0.3, 0.4) is 0 Å². The van der Waals surface area contributed by atoms with Crippen LogP contribution in [0.5, 0.6) is 0 Å². The molecule has 88 valence electrons. The van der Waals surface area contributed by atoms with Crippen molar-refractivity contribution in [2.45, 2.75) is 13.5 Å². The van der Waals surface area contributed by atoms with Gasteiger partial charge in [-0.15, -0.1) is 0 Å². The molecule has 0 aliphatic carbocycles. The first-order valence-corrected chi connectivity index (χ1v) is 5.27. The smallest absolute Gasteiger partial charge is 0.251 e. The Morgan fingerprint density at radius 1 is 1.29 bits per heavy atom. The van der Waals surface area contributed by atoms with Crippen molar-refractivity contribution < 1.29 is 4.39 Å². The summed E-state index contributed by atoms with van der Waals surface area (Å²) in [6.45, 7) is 2.13. The normalized spacial score (nSPS) is 10.5. The summed E-state index contributed by atoms with van der Waals surface area (Å²) in [5.41, 5.74) is 7.61. The van der Waals surface area contributed by atoms with Crippen LogP contribution in [0.25, 0.3) is 0 Å². The van der Waals surface area contributed by atoms with Gasteiger partial charge in [-0.25, -0.2) is 4.39 Å². The van der Waals surface area contributed by atoms with Crippen LogP contribution >= 0.6 is 0 Å². The SMILES string of the molecule is Cc1ccn(Cc2cc(F)ccc2N)c(=O)c1. The van der Waals surface area contributed by atoms with Crippen LogP contribution in [0.1, 0.15) is 11.1 Å². The molecule has 2 N–H and O–H groups in total. The van der Waals surface area contributed by atoms with Gasteiger partial charge in [0.15, 0.2) is 0 Å². The van der Waals surface area contributed by atoms with Crippen molar-refractivity contribution in [3.8, 4) is 0 Å². The lowest BCUT2D eigenvalue weighted by Crippen LogP contribution is -2.19. The van der Waals surface area contributed by atoms with E-state index in [2.05, 4.69) is 0 Å². The highest BCUT2D eigenvalue weighted by atomic mass is 19.1. The number of halogens is 1. The van der Waals surface area contributed by atoms with E-state index in [0.29, 0.717) is 11.3 Å². The minimum atomic E-state index is -0.352. The highest BCUT2D eigenvalue weighted by Gasteiger charge is 2.03. The fourth-order valence-corrected chi connectivity index (χ4v) is 1.63. The maximum atomic E-state index is 13.1. The fraction of sp³-hybridized carbons (Fsp3) is 0.154. The Morgan fingerprint density at radius 3 is 2.76 bits per heavy atom. The molecular formula is C13H13FN2O. The summed E-state index contributed by atoms with van der Waals surface area (Å²) in [6.07, 6.45) is 1.68. The first-order chi connectivity index (χ1) is 8.06. The second kappa shape index (κ2) is 4.41. The highest BCUT2D eigenvalue weighted by molar-refractivity contribution is 5.46. The number of hydrogen-bond acceptors (Lipinski definition) is 2. The van der Waals surface area contributed by atoms with Crippen molar-refractivity contribution in [3.63, 3.8) is 0 Å². The first kappa shape index (κ1) is 11.4. The molecule has 4 heteroatoms. The van der Waals surface area contributed by atoms with Gasteiger partial charge in [-0.3, -0.25) is 4.79 Å². The van der Waals surface area contributed by atoms with Crippen LogP contribution in [0.15, 0.2) is 41.3 Å². The zero-order valence-corrected chi connectivity index (χ0v) is 9.48. The Kier molecular flexibility index (Phi) is 2.95. The molecule has 0 unspecified atom stereocenters. The van der Waals surface area contributed by atoms with Gasteiger partial charge in [0, 0.05) is 18.0 Å². The van der Waals surface area contributed by atoms with Gasteiger partial charge in [0.2, 0.25) is 0 Å². The van der Waals surface area contributed by atoms with E-state index < -0.39 is 0 Å². The molecule has 0 fully saturated rings. The van der Waals surface area contributed by atoms with E-state index in [4.69, 9.17) is 5.73 Å². The van der Waals surface area contributed by atoms with Crippen LogP contribution in [0.2, 0.25) is 0 Å². The molecule has 17 heavy (non-hydrogen) atoms. The number of pyridine rings is 1. The second-order valence-corrected chi connectivity index (χ2v) is 4.01. The molecule has 3 nitrogen and oxygen atoms in total. The molecule has 1 aromatic heterocycles. The molecule has 0 atom stereocenters. The van der Waals surface area contributed by atoms with E-state index in [1.54, 1.807) is 6.20 Å². The summed E-state index contributed by atoms with van der Waals surface area (Å²) in [5, 5.41) is 0. The molecule has 0 radical (unpaired) electrons. The van der Waals surface area contributed by atoms with E-state index in [-0.39, 0.29) is 17.9 Å². The molecule has 2 rings (SSSR count). The highest BCUT2D eigenvalue weighted by Crippen LogP contribution is 2.14. The number of anilines is 1. The zero-order chi connectivity index (χ0) is 12.4. The summed E-state index contributed by atoms with van der Waals surface area (Å²) in [5.74, 6) is -0.352. The average Bonchev–Trinajstić information content (AvgIpc) is 2.27. The third-order valence-corrected chi connectivity index (χ3v) is 2.60. The Bertz CT molecular complexity index is 605. The van der Waals surface area contributed by atoms with Crippen molar-refractivity contribution in [1.82, 2.24) is 4.57 Å². The number of rotatable bonds is 2. The molecule has 0 bridgehead atoms. The van der Waals surface area contributed by atoms with Crippen molar-refractivity contribution in [2.24, 2.45) is 0 Å². The van der Waals surface area contributed by atoms with Crippen molar-refractivity contribution >= 4 is 5.69 Å². The molecule has 1 heterocycles. The van der Waals surface area contributed by atoms with E-state index in [1.165, 1.54) is 28.8 Å². The molecule has 1 aromatic carbocycles. The molecule has 0 aliphatic heterocycles. The summed E-state index contributed by atoms with van der Waals surface area (Å²) in [7, 11) is 0. The third kappa shape index (κ3) is 2.53. The van der Waals surface area contributed by atoms with Gasteiger partial charge >= 0.3 is 0 Å². The Hall–Kier alpha value is -2.10. The van der Waals surface area contributed by atoms with Crippen LogP contribution in [-0.4, -0.2) is 4.57 Å². The second-order valence-electron chi connectivity index (χ2n) is 4.01. The number of benzene rings is 1. The summed E-state index contributed by atoms with van der Waals surface area (Å²) >= 11 is 0. The quantitative estimate of drug-likeness (QED) is 0.804. The number of nitrogen functional groups attached to an aromatic ring is 1. The van der Waals surface area contributed by atoms with Crippen molar-refractivity contribution in [3.05, 3.63) is 63.8 Å². The van der Waals surface area contributed by atoms with E-state index >= 15 is 0 Å². The van der Waals surface area contributed by atoms with E-state index in [1.807, 2.05) is 13.0 Å². The number of hydrogen-bond donors (Lipinski definition) is 1. The summed E-state index contributed by atoms with van der Waals surface area (Å²) in [4.78, 5) is 11.7. The van der Waals surface area contributed by atoms with Gasteiger partial charge < -0.3 is 10.3 Å². The van der Waals surface area contributed by atoms with Gasteiger partial charge in [0.1, 0.15) is 5.82 Å². The maximum Gasteiger partial charge on any atom is 0.251 e. The molecule has 0 saturated carbocycles. The molecule has 2 aromatic rings. The van der Waals surface area contributed by atoms with Gasteiger partial charge in [-0.05, 0) is 42.3 Å². The lowest BCUT2D eigenvalue weighted by atomic mass is 10.1. The van der Waals surface area contributed by atoms with Gasteiger partial charge in [-0.1, -0.05) is 0 Å². The molecule has 0 aliphatic rings. The predicted molar refractivity (Wildman–Crippen MR) is 65.4 cm³/mol. The number of nitrogens with two attached hydrogens (primary N) is 1. The number of aromatic nitrogens is 1. The van der Waals surface area contributed by atoms with Crippen LogP contribution in [-0.2, 0) is 6.54 Å². The minimum absolute atomic E-state index is 0.117. The number of aryl methyl sites for hydroxylation is 1. The first-order valence-electron chi connectivity index (χ1n) is 5.27. The summed E-state index contributed by atoms with van der Waals surface area (Å²) < 4.78 is 14.6. The molecule has 0 amide bonds. The van der Waals surface area contributed by atoms with Gasteiger partial charge in [-0.2, -0.15) is 0 Å². The minimum Gasteiger partial charge on any atom is -0.398 e. The third-order valence-electron chi connectivity index (χ3n) is 2.60. The molecule has 0 saturated heterocycles. The summed E-state index contributed by atoms with van der Waals surface area (Å²) in [6, 6.07) is 7.52. The van der Waals surface area contributed by atoms with Crippen LogP contribution in [0, 0.1) is 12.7 Å². The largest absolute Gasteiger partial charge is 0.398 e. The van der Waals surface area contributed by atoms with E-state index in [0.717, 1.165) is 5.56 Å². The van der Waals surface area contributed by atoms with E-state index in [9.17, 15) is 9.18 Å². The predicted octanol–water partition coefficient (Wildman–Crippen LogP) is 1.93. The van der Waals surface area contributed by atoms with Gasteiger partial charge in [0.05, 0.1) is 6.54 Å². The lowest BCUT2D eigenvalue weighted by Gasteiger charge is -2.08. The number of nitrogens with zero attached hydrogens (tertiary/aromatic N) is 1. The van der Waals surface area contributed by atoms with Gasteiger partial charge in [0.25, 0.3) is 5.56 Å². The zero-order valence-electron chi connectivity index (χ0n) is 9.48. The Morgan fingerprint density at radius 2 is 2.06 bits per heavy atom. The van der Waals surface area contributed by atoms with Crippen LogP contribution < -0.4 is 11.3 Å². The monoisotopic (exact) mass is 232 g/mol. The fourth-order valence-electron chi connectivity index (χ4n) is 1.63. The van der Waals surface area contributed by atoms with Crippen LogP contribution in [0.4, 0.5) is 10.1 Å². The Balaban J connectivity index is 2.38. The van der Waals surface area contributed by atoms with Crippen molar-refractivity contribution in [1.29, 1.82) is 0 Å².